The van der Waals surface area contributed by atoms with Crippen molar-refractivity contribution in [2.24, 2.45) is 0 Å². The molecule has 2 fully saturated rings. The number of ether oxygens (including phenoxy) is 1. The summed E-state index contributed by atoms with van der Waals surface area (Å²) in [6, 6.07) is 27.3. The number of hydrogen-bond donors (Lipinski definition) is 1. The lowest BCUT2D eigenvalue weighted by atomic mass is 10.0. The summed E-state index contributed by atoms with van der Waals surface area (Å²) in [5.41, 5.74) is 6.91. The summed E-state index contributed by atoms with van der Waals surface area (Å²) in [4.78, 5) is 23.3. The van der Waals surface area contributed by atoms with Crippen molar-refractivity contribution in [3.8, 4) is 16.9 Å². The molecule has 0 radical (unpaired) electrons. The van der Waals surface area contributed by atoms with Gasteiger partial charge in [-0.25, -0.2) is 4.98 Å². The zero-order valence-corrected chi connectivity index (χ0v) is 22.4. The molecule has 39 heavy (non-hydrogen) atoms. The molecular weight excluding hydrogens is 486 g/mol. The fraction of sp³-hybridized carbons (Fsp3) is 0.312. The van der Waals surface area contributed by atoms with Crippen LogP contribution in [-0.2, 0) is 11.2 Å². The van der Waals surface area contributed by atoms with Crippen LogP contribution in [0.25, 0.3) is 16.9 Å². The zero-order valence-electron chi connectivity index (χ0n) is 22.4. The first-order chi connectivity index (χ1) is 19.2. The maximum atomic E-state index is 14.2. The number of nitrogens with one attached hydrogen (secondary N) is 1. The Morgan fingerprint density at radius 3 is 2.51 bits per heavy atom. The van der Waals surface area contributed by atoms with Crippen molar-refractivity contribution in [1.82, 2.24) is 19.8 Å². The third-order valence-corrected chi connectivity index (χ3v) is 7.70. The predicted octanol–water partition coefficient (Wildman–Crippen LogP) is 4.34. The van der Waals surface area contributed by atoms with Crippen molar-refractivity contribution in [2.75, 3.05) is 50.8 Å². The molecule has 1 atom stereocenters. The standard InChI is InChI=1S/C32H35N5O2/c1-24-10-12-25(13-11-24)20-29-22-33-14-15-36(29)32(38)30-31(26-6-3-2-4-7-26)37(23-34-30)28-9-5-8-27(21-28)35-16-18-39-19-17-35/h2-13,21,23,29,33H,14-20,22H2,1H3/t29-/m1/s1. The minimum atomic E-state index is -0.0180. The average Bonchev–Trinajstić information content (AvgIpc) is 3.45. The smallest absolute Gasteiger partial charge is 0.275 e. The summed E-state index contributed by atoms with van der Waals surface area (Å²) in [5, 5.41) is 3.48. The molecule has 1 aromatic heterocycles. The Balaban J connectivity index is 1.36. The molecule has 2 aliphatic rings. The fourth-order valence-corrected chi connectivity index (χ4v) is 5.58. The molecule has 1 amide bonds. The number of imidazole rings is 1. The van der Waals surface area contributed by atoms with Gasteiger partial charge in [-0.1, -0.05) is 66.2 Å². The highest BCUT2D eigenvalue weighted by Gasteiger charge is 2.31. The van der Waals surface area contributed by atoms with E-state index in [4.69, 9.17) is 9.72 Å². The molecule has 1 N–H and O–H groups in total. The SMILES string of the molecule is Cc1ccc(C[C@@H]2CNCCN2C(=O)c2ncn(-c3cccc(N4CCOCC4)c3)c2-c2ccccc2)cc1. The van der Waals surface area contributed by atoms with Gasteiger partial charge in [0.1, 0.15) is 6.33 Å². The molecule has 2 aliphatic heterocycles. The quantitative estimate of drug-likeness (QED) is 0.409. The van der Waals surface area contributed by atoms with Gasteiger partial charge in [-0.3, -0.25) is 9.36 Å². The van der Waals surface area contributed by atoms with Crippen LogP contribution in [0.15, 0.2) is 85.2 Å². The van der Waals surface area contributed by atoms with Crippen LogP contribution < -0.4 is 10.2 Å². The van der Waals surface area contributed by atoms with Crippen LogP contribution in [0, 0.1) is 6.92 Å². The second kappa shape index (κ2) is 11.4. The molecule has 0 saturated carbocycles. The monoisotopic (exact) mass is 521 g/mol. The largest absolute Gasteiger partial charge is 0.378 e. The lowest BCUT2D eigenvalue weighted by Gasteiger charge is -2.36. The molecule has 7 nitrogen and oxygen atoms in total. The summed E-state index contributed by atoms with van der Waals surface area (Å²) in [6.45, 7) is 7.50. The summed E-state index contributed by atoms with van der Waals surface area (Å²) in [5.74, 6) is -0.0180. The van der Waals surface area contributed by atoms with Gasteiger partial charge < -0.3 is 19.9 Å². The molecule has 0 spiro atoms. The number of rotatable bonds is 6. The molecule has 7 heteroatoms. The third kappa shape index (κ3) is 5.46. The maximum Gasteiger partial charge on any atom is 0.275 e. The van der Waals surface area contributed by atoms with Gasteiger partial charge in [-0.15, -0.1) is 0 Å². The molecule has 2 saturated heterocycles. The summed E-state index contributed by atoms with van der Waals surface area (Å²) < 4.78 is 7.61. The summed E-state index contributed by atoms with van der Waals surface area (Å²) >= 11 is 0. The van der Waals surface area contributed by atoms with Crippen LogP contribution in [-0.4, -0.2) is 72.3 Å². The Hall–Kier alpha value is -3.94. The fourth-order valence-electron chi connectivity index (χ4n) is 5.58. The topological polar surface area (TPSA) is 62.6 Å². The number of benzene rings is 3. The van der Waals surface area contributed by atoms with Crippen LogP contribution in [0.4, 0.5) is 5.69 Å². The van der Waals surface area contributed by atoms with Gasteiger partial charge in [-0.2, -0.15) is 0 Å². The summed E-state index contributed by atoms with van der Waals surface area (Å²) in [7, 11) is 0. The number of morpholine rings is 1. The highest BCUT2D eigenvalue weighted by molar-refractivity contribution is 5.99. The van der Waals surface area contributed by atoms with Crippen LogP contribution in [0.1, 0.15) is 21.6 Å². The van der Waals surface area contributed by atoms with Gasteiger partial charge in [0, 0.05) is 55.7 Å². The second-order valence-electron chi connectivity index (χ2n) is 10.3. The van der Waals surface area contributed by atoms with Crippen LogP contribution in [0.5, 0.6) is 0 Å². The number of carbonyl (C=O) groups is 1. The molecule has 200 valence electrons. The van der Waals surface area contributed by atoms with E-state index in [1.165, 1.54) is 11.1 Å². The molecule has 0 bridgehead atoms. The van der Waals surface area contributed by atoms with E-state index >= 15 is 0 Å². The molecule has 3 heterocycles. The van der Waals surface area contributed by atoms with Crippen LogP contribution in [0.2, 0.25) is 0 Å². The lowest BCUT2D eigenvalue weighted by molar-refractivity contribution is 0.0631. The van der Waals surface area contributed by atoms with E-state index in [1.54, 1.807) is 6.33 Å². The van der Waals surface area contributed by atoms with E-state index in [1.807, 2.05) is 23.1 Å². The maximum absolute atomic E-state index is 14.2. The van der Waals surface area contributed by atoms with Crippen molar-refractivity contribution in [3.63, 3.8) is 0 Å². The number of aromatic nitrogens is 2. The van der Waals surface area contributed by atoms with Crippen LogP contribution >= 0.6 is 0 Å². The van der Waals surface area contributed by atoms with Crippen molar-refractivity contribution in [3.05, 3.63) is 102 Å². The molecule has 0 unspecified atom stereocenters. The van der Waals surface area contributed by atoms with Gasteiger partial charge in [0.2, 0.25) is 0 Å². The minimum Gasteiger partial charge on any atom is -0.378 e. The number of piperazine rings is 1. The molecule has 0 aliphatic carbocycles. The van der Waals surface area contributed by atoms with Gasteiger partial charge in [-0.05, 0) is 37.1 Å². The number of anilines is 1. The van der Waals surface area contributed by atoms with Crippen LogP contribution in [0.3, 0.4) is 0 Å². The Morgan fingerprint density at radius 1 is 0.949 bits per heavy atom. The van der Waals surface area contributed by atoms with E-state index in [0.717, 1.165) is 68.4 Å². The lowest BCUT2D eigenvalue weighted by Crippen LogP contribution is -2.54. The van der Waals surface area contributed by atoms with Gasteiger partial charge in [0.25, 0.3) is 5.91 Å². The Bertz CT molecular complexity index is 1410. The van der Waals surface area contributed by atoms with Gasteiger partial charge in [0.15, 0.2) is 5.69 Å². The Kier molecular flexibility index (Phi) is 7.43. The van der Waals surface area contributed by atoms with E-state index in [0.29, 0.717) is 12.2 Å². The molecule has 4 aromatic rings. The number of hydrogen-bond acceptors (Lipinski definition) is 5. The normalized spacial score (nSPS) is 17.8. The first-order valence-corrected chi connectivity index (χ1v) is 13.8. The first kappa shape index (κ1) is 25.3. The van der Waals surface area contributed by atoms with E-state index in [2.05, 4.69) is 82.4 Å². The molecule has 6 rings (SSSR count). The number of aryl methyl sites for hydroxylation is 1. The Labute approximate surface area is 230 Å². The first-order valence-electron chi connectivity index (χ1n) is 13.8. The molecular formula is C32H35N5O2. The van der Waals surface area contributed by atoms with E-state index < -0.39 is 0 Å². The molecule has 3 aromatic carbocycles. The summed E-state index contributed by atoms with van der Waals surface area (Å²) in [6.07, 6.45) is 2.60. The number of amides is 1. The minimum absolute atomic E-state index is 0.0180. The van der Waals surface area contributed by atoms with Crippen molar-refractivity contribution in [1.29, 1.82) is 0 Å². The van der Waals surface area contributed by atoms with Crippen molar-refractivity contribution >= 4 is 11.6 Å². The van der Waals surface area contributed by atoms with E-state index in [-0.39, 0.29) is 11.9 Å². The highest BCUT2D eigenvalue weighted by atomic mass is 16.5. The van der Waals surface area contributed by atoms with Gasteiger partial charge in [0.05, 0.1) is 18.9 Å². The van der Waals surface area contributed by atoms with Crippen molar-refractivity contribution in [2.45, 2.75) is 19.4 Å². The second-order valence-corrected chi connectivity index (χ2v) is 10.3. The third-order valence-electron chi connectivity index (χ3n) is 7.70. The van der Waals surface area contributed by atoms with Gasteiger partial charge >= 0.3 is 0 Å². The average molecular weight is 522 g/mol. The predicted molar refractivity (Wildman–Crippen MR) is 155 cm³/mol. The van der Waals surface area contributed by atoms with E-state index in [9.17, 15) is 4.79 Å². The number of nitrogens with zero attached hydrogens (tertiary/aromatic N) is 4. The number of carbonyl (C=O) groups excluding carboxylic acids is 1. The van der Waals surface area contributed by atoms with Crippen molar-refractivity contribution < 1.29 is 9.53 Å². The Morgan fingerprint density at radius 2 is 1.72 bits per heavy atom. The highest BCUT2D eigenvalue weighted by Crippen LogP contribution is 2.30. The zero-order chi connectivity index (χ0) is 26.6.